The summed E-state index contributed by atoms with van der Waals surface area (Å²) in [5.74, 6) is 0.778. The number of nitrogens with zero attached hydrogens (tertiary/aromatic N) is 3. The van der Waals surface area contributed by atoms with Crippen molar-refractivity contribution in [2.75, 3.05) is 30.5 Å². The van der Waals surface area contributed by atoms with Gasteiger partial charge in [-0.1, -0.05) is 51.5 Å². The minimum atomic E-state index is -4.06. The van der Waals surface area contributed by atoms with Crippen LogP contribution in [0.2, 0.25) is 0 Å². The second-order valence-corrected chi connectivity index (χ2v) is 11.1. The Hall–Kier alpha value is -2.49. The molecule has 2 aromatic carbocycles. The van der Waals surface area contributed by atoms with Gasteiger partial charge in [0.05, 0.1) is 28.2 Å². The molecule has 2 rings (SSSR count). The van der Waals surface area contributed by atoms with Crippen LogP contribution in [-0.4, -0.2) is 55.6 Å². The number of sulfonamides is 1. The fourth-order valence-corrected chi connectivity index (χ4v) is 5.24. The van der Waals surface area contributed by atoms with Crippen LogP contribution < -0.4 is 4.31 Å². The lowest BCUT2D eigenvalue weighted by atomic mass is 10.1. The quantitative estimate of drug-likeness (QED) is 0.365. The van der Waals surface area contributed by atoms with Gasteiger partial charge in [0.2, 0.25) is 0 Å². The van der Waals surface area contributed by atoms with Crippen LogP contribution in [-0.2, 0) is 10.0 Å². The molecule has 0 aliphatic rings. The SMILES string of the molecule is Cc1ccc(S(=O)(=O)N(CC(O)CN(CC(C)C)CC(C)C)c2cccc([N+](=O)[O-])c2)cc1. The molecule has 0 spiro atoms. The lowest BCUT2D eigenvalue weighted by molar-refractivity contribution is -0.384. The molecule has 0 aliphatic heterocycles. The summed E-state index contributed by atoms with van der Waals surface area (Å²) in [6.45, 7) is 11.9. The van der Waals surface area contributed by atoms with Crippen LogP contribution >= 0.6 is 0 Å². The molecule has 9 heteroatoms. The first-order chi connectivity index (χ1) is 15.4. The molecule has 2 aromatic rings. The number of hydrogen-bond acceptors (Lipinski definition) is 6. The molecule has 0 saturated heterocycles. The maximum absolute atomic E-state index is 13.5. The van der Waals surface area contributed by atoms with Crippen LogP contribution in [0.4, 0.5) is 11.4 Å². The van der Waals surface area contributed by atoms with E-state index in [1.807, 2.05) is 6.92 Å². The minimum absolute atomic E-state index is 0.0630. The van der Waals surface area contributed by atoms with Gasteiger partial charge in [-0.25, -0.2) is 8.42 Å². The van der Waals surface area contributed by atoms with E-state index in [4.69, 9.17) is 0 Å². The van der Waals surface area contributed by atoms with Crippen molar-refractivity contribution in [1.82, 2.24) is 4.90 Å². The number of nitro benzene ring substituents is 1. The van der Waals surface area contributed by atoms with Crippen molar-refractivity contribution < 1.29 is 18.4 Å². The van der Waals surface area contributed by atoms with Gasteiger partial charge in [0.1, 0.15) is 0 Å². The number of aryl methyl sites for hydroxylation is 1. The molecule has 33 heavy (non-hydrogen) atoms. The molecule has 1 atom stereocenters. The summed E-state index contributed by atoms with van der Waals surface area (Å²) < 4.78 is 28.1. The first kappa shape index (κ1) is 26.8. The second-order valence-electron chi connectivity index (χ2n) is 9.29. The van der Waals surface area contributed by atoms with E-state index in [2.05, 4.69) is 32.6 Å². The van der Waals surface area contributed by atoms with Crippen LogP contribution in [0.5, 0.6) is 0 Å². The molecule has 8 nitrogen and oxygen atoms in total. The molecular weight excluding hydrogens is 442 g/mol. The van der Waals surface area contributed by atoms with Gasteiger partial charge < -0.3 is 10.0 Å². The number of rotatable bonds is 12. The van der Waals surface area contributed by atoms with E-state index >= 15 is 0 Å². The molecule has 0 aliphatic carbocycles. The van der Waals surface area contributed by atoms with Gasteiger partial charge >= 0.3 is 0 Å². The topological polar surface area (TPSA) is 104 Å². The standard InChI is InChI=1S/C24H35N3O5S/c1-18(2)14-25(15-19(3)4)16-23(28)17-26(21-7-6-8-22(13-21)27(29)30)33(31,32)24-11-9-20(5)10-12-24/h6-13,18-19,23,28H,14-17H2,1-5H3. The van der Waals surface area contributed by atoms with Crippen LogP contribution in [0.1, 0.15) is 33.3 Å². The zero-order valence-electron chi connectivity index (χ0n) is 20.0. The number of aliphatic hydroxyl groups excluding tert-OH is 1. The van der Waals surface area contributed by atoms with Gasteiger partial charge in [0, 0.05) is 31.8 Å². The third kappa shape index (κ3) is 7.80. The summed E-state index contributed by atoms with van der Waals surface area (Å²) in [4.78, 5) is 12.9. The number of non-ortho nitro benzene ring substituents is 1. The molecular formula is C24H35N3O5S. The van der Waals surface area contributed by atoms with Crippen LogP contribution in [0.25, 0.3) is 0 Å². The largest absolute Gasteiger partial charge is 0.390 e. The Labute approximate surface area is 197 Å². The first-order valence-electron chi connectivity index (χ1n) is 11.1. The average Bonchev–Trinajstić information content (AvgIpc) is 2.71. The molecule has 0 bridgehead atoms. The Morgan fingerprint density at radius 3 is 2.03 bits per heavy atom. The van der Waals surface area contributed by atoms with E-state index in [9.17, 15) is 23.6 Å². The maximum atomic E-state index is 13.5. The highest BCUT2D eigenvalue weighted by atomic mass is 32.2. The highest BCUT2D eigenvalue weighted by molar-refractivity contribution is 7.92. The second kappa shape index (κ2) is 11.6. The number of nitro groups is 1. The van der Waals surface area contributed by atoms with Crippen LogP contribution in [0, 0.1) is 28.9 Å². The zero-order chi connectivity index (χ0) is 24.8. The van der Waals surface area contributed by atoms with Crippen molar-refractivity contribution in [3.63, 3.8) is 0 Å². The van der Waals surface area contributed by atoms with Gasteiger partial charge in [0.25, 0.3) is 15.7 Å². The number of anilines is 1. The van der Waals surface area contributed by atoms with Crippen molar-refractivity contribution in [2.45, 2.75) is 45.6 Å². The summed E-state index contributed by atoms with van der Waals surface area (Å²) >= 11 is 0. The molecule has 0 heterocycles. The summed E-state index contributed by atoms with van der Waals surface area (Å²) in [6, 6.07) is 11.9. The monoisotopic (exact) mass is 477 g/mol. The molecule has 1 N–H and O–H groups in total. The summed E-state index contributed by atoms with van der Waals surface area (Å²) in [7, 11) is -4.06. The van der Waals surface area contributed by atoms with Gasteiger partial charge in [-0.05, 0) is 37.0 Å². The predicted octanol–water partition coefficient (Wildman–Crippen LogP) is 4.07. The molecule has 0 amide bonds. The van der Waals surface area contributed by atoms with Gasteiger partial charge in [0.15, 0.2) is 0 Å². The van der Waals surface area contributed by atoms with E-state index in [-0.39, 0.29) is 22.8 Å². The normalized spacial score (nSPS) is 13.0. The number of benzene rings is 2. The summed E-state index contributed by atoms with van der Waals surface area (Å²) in [5, 5.41) is 22.2. The smallest absolute Gasteiger partial charge is 0.271 e. The zero-order valence-corrected chi connectivity index (χ0v) is 20.8. The van der Waals surface area contributed by atoms with Crippen molar-refractivity contribution in [3.8, 4) is 0 Å². The molecule has 0 radical (unpaired) electrons. The fraction of sp³-hybridized carbons (Fsp3) is 0.500. The molecule has 0 fully saturated rings. The lowest BCUT2D eigenvalue weighted by Crippen LogP contribution is -2.44. The Balaban J connectivity index is 2.41. The minimum Gasteiger partial charge on any atom is -0.390 e. The van der Waals surface area contributed by atoms with Crippen molar-refractivity contribution in [1.29, 1.82) is 0 Å². The highest BCUT2D eigenvalue weighted by Gasteiger charge is 2.29. The van der Waals surface area contributed by atoms with E-state index in [0.717, 1.165) is 23.0 Å². The van der Waals surface area contributed by atoms with E-state index in [1.54, 1.807) is 12.1 Å². The summed E-state index contributed by atoms with van der Waals surface area (Å²) in [5.41, 5.74) is 0.837. The fourth-order valence-electron chi connectivity index (χ4n) is 3.75. The predicted molar refractivity (Wildman–Crippen MR) is 131 cm³/mol. The third-order valence-electron chi connectivity index (χ3n) is 5.03. The Morgan fingerprint density at radius 2 is 1.52 bits per heavy atom. The molecule has 0 saturated carbocycles. The van der Waals surface area contributed by atoms with Crippen molar-refractivity contribution in [3.05, 3.63) is 64.2 Å². The van der Waals surface area contributed by atoms with E-state index in [1.165, 1.54) is 36.4 Å². The van der Waals surface area contributed by atoms with E-state index < -0.39 is 21.1 Å². The Kier molecular flexibility index (Phi) is 9.39. The first-order valence-corrected chi connectivity index (χ1v) is 12.6. The maximum Gasteiger partial charge on any atom is 0.271 e. The van der Waals surface area contributed by atoms with Crippen molar-refractivity contribution in [2.24, 2.45) is 11.8 Å². The lowest BCUT2D eigenvalue weighted by Gasteiger charge is -2.31. The highest BCUT2D eigenvalue weighted by Crippen LogP contribution is 2.27. The van der Waals surface area contributed by atoms with Gasteiger partial charge in [-0.15, -0.1) is 0 Å². The van der Waals surface area contributed by atoms with Crippen molar-refractivity contribution >= 4 is 21.4 Å². The summed E-state index contributed by atoms with van der Waals surface area (Å²) in [6.07, 6.45) is -0.984. The molecule has 182 valence electrons. The van der Waals surface area contributed by atoms with Crippen LogP contribution in [0.15, 0.2) is 53.4 Å². The number of hydrogen-bond donors (Lipinski definition) is 1. The molecule has 1 unspecified atom stereocenters. The third-order valence-corrected chi connectivity index (χ3v) is 6.84. The van der Waals surface area contributed by atoms with Gasteiger partial charge in [-0.3, -0.25) is 14.4 Å². The molecule has 0 aromatic heterocycles. The van der Waals surface area contributed by atoms with E-state index in [0.29, 0.717) is 18.4 Å². The average molecular weight is 478 g/mol. The number of aliphatic hydroxyl groups is 1. The Bertz CT molecular complexity index is 1010. The Morgan fingerprint density at radius 1 is 0.939 bits per heavy atom. The van der Waals surface area contributed by atoms with Gasteiger partial charge in [-0.2, -0.15) is 0 Å². The van der Waals surface area contributed by atoms with Crippen LogP contribution in [0.3, 0.4) is 0 Å².